The Morgan fingerprint density at radius 1 is 1.03 bits per heavy atom. The molecular weight excluding hydrogens is 400 g/mol. The van der Waals surface area contributed by atoms with Crippen LogP contribution in [0.3, 0.4) is 0 Å². The van der Waals surface area contributed by atoms with Gasteiger partial charge in [0.1, 0.15) is 5.78 Å². The van der Waals surface area contributed by atoms with Gasteiger partial charge in [-0.1, -0.05) is 61.3 Å². The van der Waals surface area contributed by atoms with Crippen LogP contribution < -0.4 is 0 Å². The third kappa shape index (κ3) is 5.21. The van der Waals surface area contributed by atoms with Crippen molar-refractivity contribution in [3.05, 3.63) is 88.5 Å². The van der Waals surface area contributed by atoms with Crippen LogP contribution in [-0.4, -0.2) is 5.78 Å². The molecule has 166 valence electrons. The Morgan fingerprint density at radius 3 is 2.33 bits per heavy atom. The first kappa shape index (κ1) is 22.9. The van der Waals surface area contributed by atoms with Crippen LogP contribution in [0.5, 0.6) is 0 Å². The monoisotopic (exact) mass is 432 g/mol. The minimum absolute atomic E-state index is 0.118. The van der Waals surface area contributed by atoms with Gasteiger partial charge in [0.25, 0.3) is 0 Å². The predicted octanol–water partition coefficient (Wildman–Crippen LogP) is 6.96. The molecule has 2 aliphatic rings. The van der Waals surface area contributed by atoms with Crippen LogP contribution in [0.1, 0.15) is 73.3 Å². The molecule has 0 bridgehead atoms. The fraction of sp³-hybridized carbons (Fsp3) is 0.344. The zero-order valence-electron chi connectivity index (χ0n) is 19.7. The summed E-state index contributed by atoms with van der Waals surface area (Å²) in [5.74, 6) is 7.12. The second kappa shape index (κ2) is 10.1. The Hall–Kier alpha value is -3.29. The summed E-state index contributed by atoms with van der Waals surface area (Å²) in [5, 5.41) is 0. The molecule has 33 heavy (non-hydrogen) atoms. The predicted molar refractivity (Wildman–Crippen MR) is 138 cm³/mol. The molecule has 0 N–H and O–H groups in total. The highest BCUT2D eigenvalue weighted by molar-refractivity contribution is 5.85. The second-order valence-electron chi connectivity index (χ2n) is 9.70. The van der Waals surface area contributed by atoms with E-state index in [4.69, 9.17) is 12.8 Å². The van der Waals surface area contributed by atoms with Crippen molar-refractivity contribution in [3.8, 4) is 24.7 Å². The number of hydrogen-bond donors (Lipinski definition) is 0. The van der Waals surface area contributed by atoms with Crippen LogP contribution in [0.25, 0.3) is 5.57 Å². The molecule has 0 amide bonds. The maximum absolute atomic E-state index is 12.8. The topological polar surface area (TPSA) is 17.1 Å². The van der Waals surface area contributed by atoms with Crippen LogP contribution >= 0.6 is 0 Å². The molecule has 1 heteroatoms. The highest BCUT2D eigenvalue weighted by Gasteiger charge is 2.32. The number of benzene rings is 2. The molecule has 2 unspecified atom stereocenters. The lowest BCUT2D eigenvalue weighted by Crippen LogP contribution is -2.26. The van der Waals surface area contributed by atoms with Crippen molar-refractivity contribution in [3.63, 3.8) is 0 Å². The standard InChI is InChI=1S/C32H32O/c1-5-24-8-10-25(11-9-24)20-26-12-15-28(16-13-26)32(23(4)33)31-18-17-30(21-27(31)6-2)29-14-7-22(3)19-29/h1-2,7-11,14,17-19,21-22,26,28,32H,12-13,15-16,20H2,3-4H3. The summed E-state index contributed by atoms with van der Waals surface area (Å²) in [6.07, 6.45) is 23.5. The van der Waals surface area contributed by atoms with E-state index in [0.717, 1.165) is 54.4 Å². The van der Waals surface area contributed by atoms with Crippen molar-refractivity contribution in [2.75, 3.05) is 0 Å². The maximum atomic E-state index is 12.8. The molecule has 0 spiro atoms. The first-order chi connectivity index (χ1) is 16.0. The number of hydrogen-bond acceptors (Lipinski definition) is 1. The highest BCUT2D eigenvalue weighted by atomic mass is 16.1. The number of rotatable bonds is 6. The first-order valence-electron chi connectivity index (χ1n) is 12.1. The van der Waals surface area contributed by atoms with E-state index in [-0.39, 0.29) is 11.7 Å². The Morgan fingerprint density at radius 2 is 1.76 bits per heavy atom. The molecule has 2 aliphatic carbocycles. The SMILES string of the molecule is C#Cc1ccc(CC2CCC(C(C(C)=O)c3ccc(C4=CC(C)C=C4)cc3C#C)CC2)cc1. The first-order valence-corrected chi connectivity index (χ1v) is 12.1. The van der Waals surface area contributed by atoms with Gasteiger partial charge in [-0.25, -0.2) is 0 Å². The fourth-order valence-electron chi connectivity index (χ4n) is 5.58. The number of carbonyl (C=O) groups excluding carboxylic acids is 1. The molecule has 2 aromatic carbocycles. The zero-order chi connectivity index (χ0) is 23.4. The van der Waals surface area contributed by atoms with Crippen molar-refractivity contribution in [2.45, 2.75) is 51.9 Å². The molecule has 2 aromatic rings. The molecular formula is C32H32O. The minimum atomic E-state index is -0.118. The second-order valence-corrected chi connectivity index (χ2v) is 9.70. The number of terminal acetylenes is 2. The van der Waals surface area contributed by atoms with Gasteiger partial charge < -0.3 is 0 Å². The Balaban J connectivity index is 1.47. The summed E-state index contributed by atoms with van der Waals surface area (Å²) in [7, 11) is 0. The maximum Gasteiger partial charge on any atom is 0.137 e. The van der Waals surface area contributed by atoms with E-state index in [1.807, 2.05) is 12.1 Å². The Kier molecular flexibility index (Phi) is 7.01. The van der Waals surface area contributed by atoms with E-state index in [0.29, 0.717) is 17.8 Å². The number of ketones is 1. The molecule has 0 saturated heterocycles. The van der Waals surface area contributed by atoms with E-state index in [1.165, 1.54) is 11.1 Å². The Bertz CT molecular complexity index is 1150. The largest absolute Gasteiger partial charge is 0.299 e. The number of Topliss-reactive ketones (excluding diaryl/α,β-unsaturated/α-hetero) is 1. The summed E-state index contributed by atoms with van der Waals surface area (Å²) < 4.78 is 0. The van der Waals surface area contributed by atoms with Gasteiger partial charge in [0.15, 0.2) is 0 Å². The van der Waals surface area contributed by atoms with Gasteiger partial charge in [0, 0.05) is 17.0 Å². The van der Waals surface area contributed by atoms with Gasteiger partial charge in [0.05, 0.1) is 0 Å². The van der Waals surface area contributed by atoms with E-state index < -0.39 is 0 Å². The molecule has 0 radical (unpaired) electrons. The molecule has 1 fully saturated rings. The molecule has 0 aromatic heterocycles. The summed E-state index contributed by atoms with van der Waals surface area (Å²) in [6, 6.07) is 14.7. The third-order valence-corrected chi connectivity index (χ3v) is 7.34. The summed E-state index contributed by atoms with van der Waals surface area (Å²) >= 11 is 0. The summed E-state index contributed by atoms with van der Waals surface area (Å²) in [6.45, 7) is 3.90. The number of allylic oxidation sites excluding steroid dienone is 4. The van der Waals surface area contributed by atoms with Gasteiger partial charge in [-0.3, -0.25) is 4.79 Å². The summed E-state index contributed by atoms with van der Waals surface area (Å²) in [4.78, 5) is 12.8. The molecule has 0 heterocycles. The van der Waals surface area contributed by atoms with Crippen LogP contribution in [0.2, 0.25) is 0 Å². The lowest BCUT2D eigenvalue weighted by Gasteiger charge is -2.33. The lowest BCUT2D eigenvalue weighted by molar-refractivity contribution is -0.120. The van der Waals surface area contributed by atoms with Crippen molar-refractivity contribution < 1.29 is 4.79 Å². The van der Waals surface area contributed by atoms with Gasteiger partial charge >= 0.3 is 0 Å². The van der Waals surface area contributed by atoms with Gasteiger partial charge in [-0.15, -0.1) is 12.8 Å². The molecule has 1 nitrogen and oxygen atoms in total. The quantitative estimate of drug-likeness (QED) is 0.451. The molecule has 0 aliphatic heterocycles. The lowest BCUT2D eigenvalue weighted by atomic mass is 9.70. The fourth-order valence-corrected chi connectivity index (χ4v) is 5.58. The van der Waals surface area contributed by atoms with Crippen LogP contribution in [0, 0.1) is 42.4 Å². The van der Waals surface area contributed by atoms with Crippen LogP contribution in [-0.2, 0) is 11.2 Å². The van der Waals surface area contributed by atoms with Gasteiger partial charge in [0.2, 0.25) is 0 Å². The number of carbonyl (C=O) groups is 1. The van der Waals surface area contributed by atoms with E-state index in [1.54, 1.807) is 6.92 Å². The van der Waals surface area contributed by atoms with E-state index in [2.05, 4.69) is 67.3 Å². The average molecular weight is 433 g/mol. The van der Waals surface area contributed by atoms with Crippen LogP contribution in [0.4, 0.5) is 0 Å². The highest BCUT2D eigenvalue weighted by Crippen LogP contribution is 2.41. The smallest absolute Gasteiger partial charge is 0.137 e. The molecule has 4 rings (SSSR count). The normalized spacial score (nSPS) is 22.8. The van der Waals surface area contributed by atoms with Gasteiger partial charge in [-0.05, 0) is 97.2 Å². The van der Waals surface area contributed by atoms with Crippen molar-refractivity contribution in [1.82, 2.24) is 0 Å². The average Bonchev–Trinajstić information content (AvgIpc) is 3.27. The third-order valence-electron chi connectivity index (χ3n) is 7.34. The minimum Gasteiger partial charge on any atom is -0.299 e. The molecule has 1 saturated carbocycles. The zero-order valence-corrected chi connectivity index (χ0v) is 19.7. The molecule has 2 atom stereocenters. The Labute approximate surface area is 199 Å². The van der Waals surface area contributed by atoms with E-state index >= 15 is 0 Å². The van der Waals surface area contributed by atoms with Crippen molar-refractivity contribution >= 4 is 11.4 Å². The summed E-state index contributed by atoms with van der Waals surface area (Å²) in [5.41, 5.74) is 6.50. The van der Waals surface area contributed by atoms with Crippen LogP contribution in [0.15, 0.2) is 60.7 Å². The van der Waals surface area contributed by atoms with Crippen molar-refractivity contribution in [1.29, 1.82) is 0 Å². The van der Waals surface area contributed by atoms with Gasteiger partial charge in [-0.2, -0.15) is 0 Å². The van der Waals surface area contributed by atoms with E-state index in [9.17, 15) is 4.79 Å². The van der Waals surface area contributed by atoms with Crippen molar-refractivity contribution in [2.24, 2.45) is 17.8 Å².